The molecule has 0 fully saturated rings. The Hall–Kier alpha value is -1.88. The van der Waals surface area contributed by atoms with Gasteiger partial charge in [-0.15, -0.1) is 11.3 Å². The number of aromatic nitrogens is 1. The third-order valence-corrected chi connectivity index (χ3v) is 4.50. The summed E-state index contributed by atoms with van der Waals surface area (Å²) in [5.41, 5.74) is 0.845. The first-order chi connectivity index (χ1) is 9.88. The van der Waals surface area contributed by atoms with E-state index in [-0.39, 0.29) is 10.3 Å². The minimum Gasteiger partial charge on any atom is -0.491 e. The summed E-state index contributed by atoms with van der Waals surface area (Å²) >= 11 is 1.28. The van der Waals surface area contributed by atoms with E-state index in [1.807, 2.05) is 24.3 Å². The van der Waals surface area contributed by atoms with Crippen LogP contribution in [0.5, 0.6) is 5.75 Å². The second-order valence-corrected chi connectivity index (χ2v) is 6.83. The molecule has 2 heterocycles. The second-order valence-electron chi connectivity index (χ2n) is 5.78. The Bertz CT molecular complexity index is 614. The topological polar surface area (TPSA) is 59.4 Å². The molecule has 2 rings (SSSR count). The Balaban J connectivity index is 2.08. The quantitative estimate of drug-likeness (QED) is 0.913. The molecule has 4 nitrogen and oxygen atoms in total. The number of ether oxygens (including phenoxy) is 1. The van der Waals surface area contributed by atoms with Crippen molar-refractivity contribution in [3.05, 3.63) is 45.9 Å². The lowest BCUT2D eigenvalue weighted by atomic mass is 9.95. The van der Waals surface area contributed by atoms with Crippen LogP contribution in [0.2, 0.25) is 0 Å². The van der Waals surface area contributed by atoms with Crippen molar-refractivity contribution in [2.45, 2.75) is 32.6 Å². The van der Waals surface area contributed by atoms with Gasteiger partial charge in [-0.1, -0.05) is 26.8 Å². The molecule has 0 unspecified atom stereocenters. The van der Waals surface area contributed by atoms with Gasteiger partial charge in [0.15, 0.2) is 4.88 Å². The fraction of sp³-hybridized carbons (Fsp3) is 0.375. The van der Waals surface area contributed by atoms with Gasteiger partial charge in [-0.2, -0.15) is 0 Å². The number of carboxylic acid groups (broad SMARTS) is 1. The van der Waals surface area contributed by atoms with E-state index in [2.05, 4.69) is 25.8 Å². The van der Waals surface area contributed by atoms with Gasteiger partial charge in [0, 0.05) is 23.2 Å². The number of carboxylic acids is 1. The van der Waals surface area contributed by atoms with Crippen molar-refractivity contribution in [1.82, 2.24) is 4.98 Å². The molecule has 0 bridgehead atoms. The average Bonchev–Trinajstić information content (AvgIpc) is 2.84. The maximum absolute atomic E-state index is 11.3. The Morgan fingerprint density at radius 3 is 2.71 bits per heavy atom. The van der Waals surface area contributed by atoms with E-state index < -0.39 is 5.97 Å². The number of hydrogen-bond acceptors (Lipinski definition) is 4. The first kappa shape index (κ1) is 15.5. The molecule has 0 saturated carbocycles. The zero-order chi connectivity index (χ0) is 15.5. The van der Waals surface area contributed by atoms with E-state index in [0.29, 0.717) is 18.8 Å². The van der Waals surface area contributed by atoms with E-state index in [4.69, 9.17) is 4.74 Å². The lowest BCUT2D eigenvalue weighted by Crippen LogP contribution is -2.08. The molecule has 0 aliphatic carbocycles. The monoisotopic (exact) mass is 305 g/mol. The molecule has 0 aliphatic rings. The van der Waals surface area contributed by atoms with E-state index in [0.717, 1.165) is 10.6 Å². The molecule has 2 aromatic rings. The summed E-state index contributed by atoms with van der Waals surface area (Å²) in [6.45, 7) is 6.59. The summed E-state index contributed by atoms with van der Waals surface area (Å²) in [4.78, 5) is 16.8. The van der Waals surface area contributed by atoms with Crippen molar-refractivity contribution in [2.24, 2.45) is 0 Å². The molecule has 112 valence electrons. The molecule has 0 aromatic carbocycles. The predicted molar refractivity (Wildman–Crippen MR) is 83.4 cm³/mol. The minimum atomic E-state index is -0.941. The van der Waals surface area contributed by atoms with Crippen LogP contribution in [0.4, 0.5) is 0 Å². The molecule has 0 atom stereocenters. The molecular formula is C16H19NO3S. The summed E-state index contributed by atoms with van der Waals surface area (Å²) in [6.07, 6.45) is 2.39. The smallest absolute Gasteiger partial charge is 0.349 e. The second kappa shape index (κ2) is 6.26. The molecule has 21 heavy (non-hydrogen) atoms. The fourth-order valence-electron chi connectivity index (χ4n) is 1.81. The first-order valence-electron chi connectivity index (χ1n) is 6.78. The van der Waals surface area contributed by atoms with Gasteiger partial charge in [-0.25, -0.2) is 4.79 Å². The van der Waals surface area contributed by atoms with Crippen molar-refractivity contribution in [3.8, 4) is 5.75 Å². The zero-order valence-electron chi connectivity index (χ0n) is 12.4. The normalized spacial score (nSPS) is 11.4. The van der Waals surface area contributed by atoms with Crippen LogP contribution in [0.25, 0.3) is 0 Å². The molecule has 0 amide bonds. The highest BCUT2D eigenvalue weighted by atomic mass is 32.1. The van der Waals surface area contributed by atoms with Crippen LogP contribution in [0.15, 0.2) is 30.5 Å². The summed E-state index contributed by atoms with van der Waals surface area (Å²) in [5.74, 6) is -0.489. The van der Waals surface area contributed by atoms with Gasteiger partial charge in [0.05, 0.1) is 6.61 Å². The van der Waals surface area contributed by atoms with Gasteiger partial charge < -0.3 is 9.84 Å². The number of carbonyl (C=O) groups is 1. The number of thiophene rings is 1. The number of aromatic carboxylic acids is 1. The highest BCUT2D eigenvalue weighted by Gasteiger charge is 2.23. The van der Waals surface area contributed by atoms with Gasteiger partial charge in [-0.3, -0.25) is 4.98 Å². The number of rotatable bonds is 5. The Morgan fingerprint density at radius 1 is 1.38 bits per heavy atom. The van der Waals surface area contributed by atoms with Gasteiger partial charge >= 0.3 is 5.97 Å². The minimum absolute atomic E-state index is 0.0859. The third-order valence-electron chi connectivity index (χ3n) is 2.97. The number of pyridine rings is 1. The van der Waals surface area contributed by atoms with Gasteiger partial charge in [0.2, 0.25) is 0 Å². The van der Waals surface area contributed by atoms with Crippen LogP contribution in [-0.2, 0) is 11.8 Å². The third kappa shape index (κ3) is 4.04. The Kier molecular flexibility index (Phi) is 4.63. The van der Waals surface area contributed by atoms with E-state index in [1.165, 1.54) is 11.3 Å². The molecule has 5 heteroatoms. The van der Waals surface area contributed by atoms with Crippen molar-refractivity contribution < 1.29 is 14.6 Å². The van der Waals surface area contributed by atoms with Crippen molar-refractivity contribution in [1.29, 1.82) is 0 Å². The van der Waals surface area contributed by atoms with E-state index in [9.17, 15) is 9.90 Å². The molecule has 2 aromatic heterocycles. The van der Waals surface area contributed by atoms with Crippen molar-refractivity contribution >= 4 is 17.3 Å². The lowest BCUT2D eigenvalue weighted by Gasteiger charge is -2.14. The summed E-state index contributed by atoms with van der Waals surface area (Å²) in [7, 11) is 0. The van der Waals surface area contributed by atoms with Gasteiger partial charge in [-0.05, 0) is 23.6 Å². The summed E-state index contributed by atoms with van der Waals surface area (Å²) in [5, 5.41) is 9.28. The first-order valence-corrected chi connectivity index (χ1v) is 7.60. The summed E-state index contributed by atoms with van der Waals surface area (Å²) < 4.78 is 5.67. The van der Waals surface area contributed by atoms with Gasteiger partial charge in [0.25, 0.3) is 0 Å². The summed E-state index contributed by atoms with van der Waals surface area (Å²) in [6, 6.07) is 7.55. The maximum Gasteiger partial charge on any atom is 0.349 e. The Morgan fingerprint density at radius 2 is 2.14 bits per heavy atom. The SMILES string of the molecule is CC(C)(C)c1cc(OCCc2ccccn2)c(C(=O)O)s1. The molecule has 0 saturated heterocycles. The van der Waals surface area contributed by atoms with Crippen LogP contribution in [0.3, 0.4) is 0 Å². The van der Waals surface area contributed by atoms with Crippen molar-refractivity contribution in [2.75, 3.05) is 6.61 Å². The van der Waals surface area contributed by atoms with Crippen LogP contribution in [0.1, 0.15) is 41.0 Å². The van der Waals surface area contributed by atoms with Crippen LogP contribution >= 0.6 is 11.3 Å². The predicted octanol–water partition coefficient (Wildman–Crippen LogP) is 3.76. The largest absolute Gasteiger partial charge is 0.491 e. The maximum atomic E-state index is 11.3. The molecule has 0 radical (unpaired) electrons. The molecule has 1 N–H and O–H groups in total. The Labute approximate surface area is 128 Å². The van der Waals surface area contributed by atoms with Crippen LogP contribution in [0, 0.1) is 0 Å². The highest BCUT2D eigenvalue weighted by Crippen LogP contribution is 2.36. The van der Waals surface area contributed by atoms with Gasteiger partial charge in [0.1, 0.15) is 5.75 Å². The molecule has 0 aliphatic heterocycles. The standard InChI is InChI=1S/C16H19NO3S/c1-16(2,3)13-10-12(14(21-13)15(18)19)20-9-7-11-6-4-5-8-17-11/h4-6,8,10H,7,9H2,1-3H3,(H,18,19). The number of nitrogens with zero attached hydrogens (tertiary/aromatic N) is 1. The van der Waals surface area contributed by atoms with Crippen LogP contribution in [-0.4, -0.2) is 22.7 Å². The van der Waals surface area contributed by atoms with Crippen molar-refractivity contribution in [3.63, 3.8) is 0 Å². The lowest BCUT2D eigenvalue weighted by molar-refractivity contribution is 0.0698. The fourth-order valence-corrected chi connectivity index (χ4v) is 2.81. The molecular weight excluding hydrogens is 286 g/mol. The van der Waals surface area contributed by atoms with E-state index >= 15 is 0 Å². The van der Waals surface area contributed by atoms with E-state index in [1.54, 1.807) is 6.20 Å². The molecule has 0 spiro atoms. The average molecular weight is 305 g/mol. The van der Waals surface area contributed by atoms with Crippen LogP contribution < -0.4 is 4.74 Å². The highest BCUT2D eigenvalue weighted by molar-refractivity contribution is 7.14. The zero-order valence-corrected chi connectivity index (χ0v) is 13.2. The number of hydrogen-bond donors (Lipinski definition) is 1.